The van der Waals surface area contributed by atoms with Gasteiger partial charge >= 0.3 is 6.09 Å². The van der Waals surface area contributed by atoms with Crippen molar-refractivity contribution in [2.75, 3.05) is 6.54 Å². The fourth-order valence-corrected chi connectivity index (χ4v) is 1.64. The molecule has 0 saturated heterocycles. The summed E-state index contributed by atoms with van der Waals surface area (Å²) in [6.45, 7) is 0.600. The number of aromatic amines is 1. The van der Waals surface area contributed by atoms with E-state index in [9.17, 15) is 9.59 Å². The average Bonchev–Trinajstić information content (AvgIpc) is 2.52. The third kappa shape index (κ3) is 5.36. The number of amides is 1. The molecule has 5 heteroatoms. The van der Waals surface area contributed by atoms with Crippen LogP contribution < -0.4 is 10.9 Å². The molecule has 21 heavy (non-hydrogen) atoms. The number of ether oxygens (including phenoxy) is 1. The van der Waals surface area contributed by atoms with Gasteiger partial charge in [0.2, 0.25) is 5.56 Å². The molecule has 0 saturated carbocycles. The zero-order valence-electron chi connectivity index (χ0n) is 11.4. The molecule has 1 heterocycles. The standard InChI is InChI=1S/C16H16N2O3/c19-15-9-8-13(11-18-15)7-4-10-17-16(20)21-12-14-5-2-1-3-6-14/h1-9,11H,10,12H2,(H,17,20)(H,18,19). The Morgan fingerprint density at radius 2 is 2.00 bits per heavy atom. The van der Waals surface area contributed by atoms with Crippen LogP contribution in [0.15, 0.2) is 59.5 Å². The van der Waals surface area contributed by atoms with E-state index in [0.717, 1.165) is 11.1 Å². The summed E-state index contributed by atoms with van der Waals surface area (Å²) in [5.74, 6) is 0. The molecule has 0 fully saturated rings. The van der Waals surface area contributed by atoms with Gasteiger partial charge in [0.15, 0.2) is 0 Å². The molecule has 1 amide bonds. The van der Waals surface area contributed by atoms with Crippen LogP contribution in [0.3, 0.4) is 0 Å². The van der Waals surface area contributed by atoms with Crippen LogP contribution in [-0.4, -0.2) is 17.6 Å². The SMILES string of the molecule is O=C(NCC=Cc1ccc(=O)[nH]c1)OCc1ccccc1. The van der Waals surface area contributed by atoms with Crippen LogP contribution in [0, 0.1) is 0 Å². The number of rotatable bonds is 5. The molecule has 0 aliphatic rings. The summed E-state index contributed by atoms with van der Waals surface area (Å²) in [6, 6.07) is 12.6. The smallest absolute Gasteiger partial charge is 0.407 e. The highest BCUT2D eigenvalue weighted by molar-refractivity contribution is 5.67. The van der Waals surface area contributed by atoms with Crippen LogP contribution in [0.5, 0.6) is 0 Å². The number of benzene rings is 1. The molecule has 2 rings (SSSR count). The van der Waals surface area contributed by atoms with Crippen molar-refractivity contribution in [1.82, 2.24) is 10.3 Å². The van der Waals surface area contributed by atoms with Crippen LogP contribution >= 0.6 is 0 Å². The van der Waals surface area contributed by atoms with E-state index in [1.165, 1.54) is 6.07 Å². The summed E-state index contributed by atoms with van der Waals surface area (Å²) in [4.78, 5) is 24.9. The quantitative estimate of drug-likeness (QED) is 0.885. The van der Waals surface area contributed by atoms with Crippen molar-refractivity contribution >= 4 is 12.2 Å². The number of carbonyl (C=O) groups excluding carboxylic acids is 1. The lowest BCUT2D eigenvalue weighted by molar-refractivity contribution is 0.141. The van der Waals surface area contributed by atoms with E-state index in [1.807, 2.05) is 30.3 Å². The number of alkyl carbamates (subject to hydrolysis) is 1. The Balaban J connectivity index is 1.69. The topological polar surface area (TPSA) is 71.2 Å². The maximum Gasteiger partial charge on any atom is 0.407 e. The summed E-state index contributed by atoms with van der Waals surface area (Å²) < 4.78 is 5.06. The molecule has 0 unspecified atom stereocenters. The minimum atomic E-state index is -0.468. The Morgan fingerprint density at radius 3 is 2.71 bits per heavy atom. The van der Waals surface area contributed by atoms with E-state index in [4.69, 9.17) is 4.74 Å². The predicted octanol–water partition coefficient (Wildman–Crippen LogP) is 2.31. The van der Waals surface area contributed by atoms with Crippen molar-refractivity contribution in [3.63, 3.8) is 0 Å². The minimum absolute atomic E-state index is 0.144. The lowest BCUT2D eigenvalue weighted by atomic mass is 10.2. The second-order valence-corrected chi connectivity index (χ2v) is 4.33. The lowest BCUT2D eigenvalue weighted by Gasteiger charge is -2.05. The largest absolute Gasteiger partial charge is 0.445 e. The van der Waals surface area contributed by atoms with E-state index in [2.05, 4.69) is 10.3 Å². The molecular formula is C16H16N2O3. The summed E-state index contributed by atoms with van der Waals surface area (Å²) in [5, 5.41) is 2.61. The fourth-order valence-electron chi connectivity index (χ4n) is 1.64. The van der Waals surface area contributed by atoms with E-state index < -0.39 is 6.09 Å². The molecule has 0 atom stereocenters. The molecule has 108 valence electrons. The first-order valence-corrected chi connectivity index (χ1v) is 6.54. The van der Waals surface area contributed by atoms with Crippen LogP contribution in [0.4, 0.5) is 4.79 Å². The zero-order chi connectivity index (χ0) is 14.9. The minimum Gasteiger partial charge on any atom is -0.445 e. The third-order valence-corrected chi connectivity index (χ3v) is 2.70. The molecule has 2 N–H and O–H groups in total. The lowest BCUT2D eigenvalue weighted by Crippen LogP contribution is -2.24. The maximum absolute atomic E-state index is 11.5. The van der Waals surface area contributed by atoms with Gasteiger partial charge in [-0.2, -0.15) is 0 Å². The number of pyridine rings is 1. The van der Waals surface area contributed by atoms with E-state index in [-0.39, 0.29) is 12.2 Å². The fraction of sp³-hybridized carbons (Fsp3) is 0.125. The van der Waals surface area contributed by atoms with Gasteiger partial charge in [-0.1, -0.05) is 42.5 Å². The van der Waals surface area contributed by atoms with Gasteiger partial charge < -0.3 is 15.0 Å². The molecule has 1 aromatic carbocycles. The highest BCUT2D eigenvalue weighted by Crippen LogP contribution is 2.00. The number of hydrogen-bond donors (Lipinski definition) is 2. The van der Waals surface area contributed by atoms with Crippen LogP contribution in [0.2, 0.25) is 0 Å². The number of aromatic nitrogens is 1. The van der Waals surface area contributed by atoms with E-state index in [1.54, 1.807) is 24.4 Å². The molecule has 0 aliphatic carbocycles. The maximum atomic E-state index is 11.5. The Labute approximate surface area is 122 Å². The summed E-state index contributed by atoms with van der Waals surface area (Å²) in [6.07, 6.45) is 4.71. The van der Waals surface area contributed by atoms with Crippen molar-refractivity contribution in [3.05, 3.63) is 76.2 Å². The molecule has 5 nitrogen and oxygen atoms in total. The van der Waals surface area contributed by atoms with Gasteiger partial charge in [-0.15, -0.1) is 0 Å². The second-order valence-electron chi connectivity index (χ2n) is 4.33. The molecule has 2 aromatic rings. The first-order valence-electron chi connectivity index (χ1n) is 6.54. The summed E-state index contributed by atoms with van der Waals surface area (Å²) >= 11 is 0. The van der Waals surface area contributed by atoms with Crippen molar-refractivity contribution in [3.8, 4) is 0 Å². The van der Waals surface area contributed by atoms with Crippen molar-refractivity contribution in [1.29, 1.82) is 0 Å². The Hall–Kier alpha value is -2.82. The zero-order valence-corrected chi connectivity index (χ0v) is 11.4. The van der Waals surface area contributed by atoms with Gasteiger partial charge in [0.05, 0.1) is 0 Å². The van der Waals surface area contributed by atoms with Gasteiger partial charge in [0.25, 0.3) is 0 Å². The molecule has 1 aromatic heterocycles. The van der Waals surface area contributed by atoms with Crippen molar-refractivity contribution in [2.24, 2.45) is 0 Å². The monoisotopic (exact) mass is 284 g/mol. The van der Waals surface area contributed by atoms with Crippen LogP contribution in [0.1, 0.15) is 11.1 Å². The molecule has 0 radical (unpaired) electrons. The van der Waals surface area contributed by atoms with Crippen molar-refractivity contribution in [2.45, 2.75) is 6.61 Å². The molecule has 0 spiro atoms. The van der Waals surface area contributed by atoms with Crippen molar-refractivity contribution < 1.29 is 9.53 Å². The van der Waals surface area contributed by atoms with Gasteiger partial charge in [-0.05, 0) is 17.2 Å². The van der Waals surface area contributed by atoms with Gasteiger partial charge in [0.1, 0.15) is 6.61 Å². The highest BCUT2D eigenvalue weighted by Gasteiger charge is 1.99. The summed E-state index contributed by atoms with van der Waals surface area (Å²) in [5.41, 5.74) is 1.65. The van der Waals surface area contributed by atoms with E-state index in [0.29, 0.717) is 6.54 Å². The van der Waals surface area contributed by atoms with Crippen LogP contribution in [0.25, 0.3) is 6.08 Å². The molecule has 0 aliphatic heterocycles. The highest BCUT2D eigenvalue weighted by atomic mass is 16.5. The normalized spacial score (nSPS) is 10.5. The van der Waals surface area contributed by atoms with Gasteiger partial charge in [-0.25, -0.2) is 4.79 Å². The second kappa shape index (κ2) is 7.69. The van der Waals surface area contributed by atoms with Gasteiger partial charge in [0, 0.05) is 18.8 Å². The summed E-state index contributed by atoms with van der Waals surface area (Å²) in [7, 11) is 0. The average molecular weight is 284 g/mol. The number of carbonyl (C=O) groups is 1. The Morgan fingerprint density at radius 1 is 1.19 bits per heavy atom. The third-order valence-electron chi connectivity index (χ3n) is 2.70. The number of H-pyrrole nitrogens is 1. The number of nitrogens with one attached hydrogen (secondary N) is 2. The first kappa shape index (κ1) is 14.6. The Kier molecular flexibility index (Phi) is 5.34. The predicted molar refractivity (Wildman–Crippen MR) is 80.7 cm³/mol. The van der Waals surface area contributed by atoms with Gasteiger partial charge in [-0.3, -0.25) is 4.79 Å². The first-order chi connectivity index (χ1) is 10.2. The van der Waals surface area contributed by atoms with Crippen LogP contribution in [-0.2, 0) is 11.3 Å². The molecular weight excluding hydrogens is 268 g/mol. The Bertz CT molecular complexity index is 642. The number of hydrogen-bond acceptors (Lipinski definition) is 3. The van der Waals surface area contributed by atoms with E-state index >= 15 is 0 Å². The molecule has 0 bridgehead atoms.